The van der Waals surface area contributed by atoms with Gasteiger partial charge in [0.15, 0.2) is 11.6 Å². The van der Waals surface area contributed by atoms with Crippen molar-refractivity contribution in [3.05, 3.63) is 63.6 Å². The van der Waals surface area contributed by atoms with Gasteiger partial charge in [0, 0.05) is 16.6 Å². The molecule has 0 atom stereocenters. The Balaban J connectivity index is 2.23. The van der Waals surface area contributed by atoms with Crippen LogP contribution in [-0.4, -0.2) is 43.0 Å². The van der Waals surface area contributed by atoms with Gasteiger partial charge in [0.1, 0.15) is 0 Å². The first-order chi connectivity index (χ1) is 12.3. The number of halogens is 3. The van der Waals surface area contributed by atoms with Crippen LogP contribution in [0.1, 0.15) is 22.3 Å². The summed E-state index contributed by atoms with van der Waals surface area (Å²) in [5.74, 6) is -2.42. The molecule has 0 bridgehead atoms. The van der Waals surface area contributed by atoms with Crippen molar-refractivity contribution in [3.63, 3.8) is 0 Å². The Morgan fingerprint density at radius 2 is 1.81 bits per heavy atom. The zero-order chi connectivity index (χ0) is 19.3. The summed E-state index contributed by atoms with van der Waals surface area (Å²) >= 11 is 3.41. The van der Waals surface area contributed by atoms with E-state index in [4.69, 9.17) is 0 Å². The molecule has 2 aromatic rings. The number of amides is 1. The van der Waals surface area contributed by atoms with Crippen molar-refractivity contribution in [2.75, 3.05) is 32.6 Å². The number of rotatable bonds is 7. The lowest BCUT2D eigenvalue weighted by molar-refractivity contribution is 0.0788. The van der Waals surface area contributed by atoms with E-state index in [0.717, 1.165) is 40.8 Å². The van der Waals surface area contributed by atoms with E-state index in [1.54, 1.807) is 0 Å². The Hall–Kier alpha value is -1.99. The summed E-state index contributed by atoms with van der Waals surface area (Å²) in [5, 5.41) is 1.44. The number of hydrazine groups is 1. The van der Waals surface area contributed by atoms with Gasteiger partial charge in [0.25, 0.3) is 5.91 Å². The summed E-state index contributed by atoms with van der Waals surface area (Å²) in [5.41, 5.74) is 4.93. The molecule has 140 valence electrons. The molecule has 0 saturated heterocycles. The fraction of sp³-hybridized carbons (Fsp3) is 0.316. The van der Waals surface area contributed by atoms with Gasteiger partial charge in [-0.25, -0.2) is 8.78 Å². The first kappa shape index (κ1) is 20.3. The maximum absolute atomic E-state index is 13.5. The SMILES string of the molecule is Cc1cc(Br)ccc1NN(CCCN(C)C)C(=O)c1ccc(F)c(F)c1. The van der Waals surface area contributed by atoms with Crippen molar-refractivity contribution >= 4 is 27.5 Å². The molecule has 0 aliphatic heterocycles. The van der Waals surface area contributed by atoms with Crippen LogP contribution in [0, 0.1) is 18.6 Å². The van der Waals surface area contributed by atoms with Crippen molar-refractivity contribution in [2.24, 2.45) is 0 Å². The average Bonchev–Trinajstić information content (AvgIpc) is 2.57. The topological polar surface area (TPSA) is 35.6 Å². The predicted molar refractivity (Wildman–Crippen MR) is 103 cm³/mol. The molecule has 26 heavy (non-hydrogen) atoms. The van der Waals surface area contributed by atoms with Gasteiger partial charge in [-0.05, 0) is 75.9 Å². The molecule has 0 saturated carbocycles. The third-order valence-corrected chi connectivity index (χ3v) is 4.34. The summed E-state index contributed by atoms with van der Waals surface area (Å²) in [6.45, 7) is 3.14. The van der Waals surface area contributed by atoms with Crippen LogP contribution in [0.4, 0.5) is 14.5 Å². The minimum atomic E-state index is -1.04. The van der Waals surface area contributed by atoms with Gasteiger partial charge in [-0.15, -0.1) is 0 Å². The molecule has 2 aromatic carbocycles. The fourth-order valence-electron chi connectivity index (χ4n) is 2.44. The van der Waals surface area contributed by atoms with Gasteiger partial charge in [-0.3, -0.25) is 15.2 Å². The molecular weight excluding hydrogens is 404 g/mol. The third-order valence-electron chi connectivity index (χ3n) is 3.84. The van der Waals surface area contributed by atoms with Crippen LogP contribution in [0.5, 0.6) is 0 Å². The minimum Gasteiger partial charge on any atom is -0.309 e. The van der Waals surface area contributed by atoms with E-state index in [-0.39, 0.29) is 5.56 Å². The van der Waals surface area contributed by atoms with Crippen LogP contribution >= 0.6 is 15.9 Å². The Morgan fingerprint density at radius 1 is 1.08 bits per heavy atom. The Labute approximate surface area is 160 Å². The van der Waals surface area contributed by atoms with Gasteiger partial charge in [0.05, 0.1) is 5.69 Å². The molecule has 0 aromatic heterocycles. The molecule has 0 aliphatic carbocycles. The van der Waals surface area contributed by atoms with E-state index in [9.17, 15) is 13.6 Å². The van der Waals surface area contributed by atoms with E-state index in [2.05, 4.69) is 21.4 Å². The summed E-state index contributed by atoms with van der Waals surface area (Å²) in [7, 11) is 3.90. The summed E-state index contributed by atoms with van der Waals surface area (Å²) in [6, 6.07) is 8.84. The van der Waals surface area contributed by atoms with Gasteiger partial charge < -0.3 is 4.90 Å². The van der Waals surface area contributed by atoms with Gasteiger partial charge >= 0.3 is 0 Å². The van der Waals surface area contributed by atoms with Crippen LogP contribution in [0.2, 0.25) is 0 Å². The van der Waals surface area contributed by atoms with Crippen molar-refractivity contribution in [1.29, 1.82) is 0 Å². The average molecular weight is 426 g/mol. The molecule has 0 unspecified atom stereocenters. The lowest BCUT2D eigenvalue weighted by Crippen LogP contribution is -2.38. The highest BCUT2D eigenvalue weighted by atomic mass is 79.9. The molecule has 7 heteroatoms. The van der Waals surface area contributed by atoms with Crippen molar-refractivity contribution in [2.45, 2.75) is 13.3 Å². The van der Waals surface area contributed by atoms with Gasteiger partial charge in [0.2, 0.25) is 0 Å². The van der Waals surface area contributed by atoms with Crippen LogP contribution in [0.25, 0.3) is 0 Å². The normalized spacial score (nSPS) is 10.9. The maximum Gasteiger partial charge on any atom is 0.272 e. The van der Waals surface area contributed by atoms with Crippen LogP contribution in [0.15, 0.2) is 40.9 Å². The summed E-state index contributed by atoms with van der Waals surface area (Å²) < 4.78 is 27.6. The smallest absolute Gasteiger partial charge is 0.272 e. The second-order valence-electron chi connectivity index (χ2n) is 6.31. The van der Waals surface area contributed by atoms with E-state index in [0.29, 0.717) is 6.54 Å². The highest BCUT2D eigenvalue weighted by molar-refractivity contribution is 9.10. The molecule has 0 radical (unpaired) electrons. The lowest BCUT2D eigenvalue weighted by atomic mass is 10.2. The van der Waals surface area contributed by atoms with Gasteiger partial charge in [-0.1, -0.05) is 15.9 Å². The van der Waals surface area contributed by atoms with Crippen molar-refractivity contribution in [3.8, 4) is 0 Å². The number of anilines is 1. The zero-order valence-corrected chi connectivity index (χ0v) is 16.6. The Kier molecular flexibility index (Phi) is 7.11. The second-order valence-corrected chi connectivity index (χ2v) is 7.23. The number of carbonyl (C=O) groups is 1. The molecular formula is C19H22BrF2N3O. The molecule has 1 amide bonds. The maximum atomic E-state index is 13.5. The monoisotopic (exact) mass is 425 g/mol. The first-order valence-corrected chi connectivity index (χ1v) is 9.01. The standard InChI is InChI=1S/C19H22BrF2N3O/c1-13-11-15(20)6-8-18(13)23-25(10-4-9-24(2)3)19(26)14-5-7-16(21)17(22)12-14/h5-8,11-12,23H,4,9-10H2,1-3H3. The fourth-order valence-corrected chi connectivity index (χ4v) is 2.91. The highest BCUT2D eigenvalue weighted by Gasteiger charge is 2.18. The molecule has 0 spiro atoms. The Morgan fingerprint density at radius 3 is 2.42 bits per heavy atom. The van der Waals surface area contributed by atoms with E-state index < -0.39 is 17.5 Å². The zero-order valence-electron chi connectivity index (χ0n) is 15.0. The largest absolute Gasteiger partial charge is 0.309 e. The van der Waals surface area contributed by atoms with E-state index in [1.165, 1.54) is 11.1 Å². The van der Waals surface area contributed by atoms with Crippen LogP contribution in [-0.2, 0) is 0 Å². The summed E-state index contributed by atoms with van der Waals surface area (Å²) in [6.07, 6.45) is 0.727. The lowest BCUT2D eigenvalue weighted by Gasteiger charge is -2.26. The molecule has 0 heterocycles. The van der Waals surface area contributed by atoms with E-state index >= 15 is 0 Å². The molecule has 2 rings (SSSR count). The molecule has 4 nitrogen and oxygen atoms in total. The number of benzene rings is 2. The molecule has 0 aliphatic rings. The second kappa shape index (κ2) is 9.09. The number of hydrogen-bond donors (Lipinski definition) is 1. The number of carbonyl (C=O) groups excluding carboxylic acids is 1. The van der Waals surface area contributed by atoms with Crippen molar-refractivity contribution in [1.82, 2.24) is 9.91 Å². The number of hydrogen-bond acceptors (Lipinski definition) is 3. The first-order valence-electron chi connectivity index (χ1n) is 8.22. The Bertz CT molecular complexity index is 783. The number of nitrogens with zero attached hydrogens (tertiary/aromatic N) is 2. The predicted octanol–water partition coefficient (Wildman–Crippen LogP) is 4.46. The van der Waals surface area contributed by atoms with E-state index in [1.807, 2.05) is 44.1 Å². The summed E-state index contributed by atoms with van der Waals surface area (Å²) in [4.78, 5) is 14.8. The molecule has 0 fully saturated rings. The van der Waals surface area contributed by atoms with Gasteiger partial charge in [-0.2, -0.15) is 0 Å². The quantitative estimate of drug-likeness (QED) is 0.665. The van der Waals surface area contributed by atoms with Crippen LogP contribution in [0.3, 0.4) is 0 Å². The molecule has 1 N–H and O–H groups in total. The van der Waals surface area contributed by atoms with Crippen molar-refractivity contribution < 1.29 is 13.6 Å². The third kappa shape index (κ3) is 5.51. The number of nitrogens with one attached hydrogen (secondary N) is 1. The minimum absolute atomic E-state index is 0.0935. The highest BCUT2D eigenvalue weighted by Crippen LogP contribution is 2.21. The van der Waals surface area contributed by atoms with Crippen LogP contribution < -0.4 is 5.43 Å². The number of aryl methyl sites for hydroxylation is 1.